The molecule has 0 radical (unpaired) electrons. The van der Waals surface area contributed by atoms with Gasteiger partial charge in [0.1, 0.15) is 0 Å². The van der Waals surface area contributed by atoms with Gasteiger partial charge in [-0.3, -0.25) is 4.79 Å². The van der Waals surface area contributed by atoms with E-state index in [1.807, 2.05) is 0 Å². The van der Waals surface area contributed by atoms with Crippen LogP contribution >= 0.6 is 0 Å². The summed E-state index contributed by atoms with van der Waals surface area (Å²) in [5, 5.41) is 0. The zero-order valence-electron chi connectivity index (χ0n) is 8.40. The number of carbonyl (C=O) groups excluding carboxylic acids is 1. The molecule has 9 heteroatoms. The van der Waals surface area contributed by atoms with E-state index in [0.29, 0.717) is 13.0 Å². The Morgan fingerprint density at radius 3 is 2.00 bits per heavy atom. The third-order valence-corrected chi connectivity index (χ3v) is 1.29. The summed E-state index contributed by atoms with van der Waals surface area (Å²) in [6, 6.07) is 0. The molecule has 0 spiro atoms. The summed E-state index contributed by atoms with van der Waals surface area (Å²) in [4.78, 5) is 44.8. The minimum absolute atomic E-state index is 0. The molecular weight excluding hydrogens is 261 g/mol. The quantitative estimate of drug-likeness (QED) is 0.322. The maximum atomic E-state index is 10.5. The van der Waals surface area contributed by atoms with Gasteiger partial charge in [-0.1, -0.05) is 0 Å². The van der Waals surface area contributed by atoms with Crippen molar-refractivity contribution in [3.63, 3.8) is 0 Å². The van der Waals surface area contributed by atoms with Gasteiger partial charge in [0.2, 0.25) is 0 Å². The summed E-state index contributed by atoms with van der Waals surface area (Å²) >= 11 is 0. The summed E-state index contributed by atoms with van der Waals surface area (Å²) in [7, 11) is -5.61. The standard InChI is InChI=1S/C6H10O2.Ca.Mg.O4Si/c7-6-4-2-1-3-5-8-6;;;1-5(2,3)4/h1-5H2;;;/q;2*+2;-4. The first-order valence-electron chi connectivity index (χ1n) is 3.87. The van der Waals surface area contributed by atoms with Gasteiger partial charge in [-0.25, -0.2) is 0 Å². The van der Waals surface area contributed by atoms with E-state index in [9.17, 15) is 4.79 Å². The fraction of sp³-hybridized carbons (Fsp3) is 0.833. The molecule has 78 valence electrons. The molecule has 1 heterocycles. The van der Waals surface area contributed by atoms with E-state index in [1.165, 1.54) is 0 Å². The Hall–Kier alpha value is 1.55. The van der Waals surface area contributed by atoms with Gasteiger partial charge in [0.25, 0.3) is 0 Å². The molecule has 1 aliphatic rings. The summed E-state index contributed by atoms with van der Waals surface area (Å²) in [5.41, 5.74) is 0. The molecule has 1 aliphatic heterocycles. The van der Waals surface area contributed by atoms with Crippen LogP contribution in [-0.4, -0.2) is 82.4 Å². The van der Waals surface area contributed by atoms with E-state index in [1.54, 1.807) is 0 Å². The van der Waals surface area contributed by atoms with Gasteiger partial charge in [0.15, 0.2) is 0 Å². The largest absolute Gasteiger partial charge is 2.00 e. The summed E-state index contributed by atoms with van der Waals surface area (Å²) in [5.74, 6) is -0.0255. The Labute approximate surface area is 135 Å². The maximum absolute atomic E-state index is 10.5. The second kappa shape index (κ2) is 12.0. The van der Waals surface area contributed by atoms with Crippen LogP contribution in [0.15, 0.2) is 0 Å². The van der Waals surface area contributed by atoms with Crippen LogP contribution in [0.3, 0.4) is 0 Å². The molecule has 0 aliphatic carbocycles. The average molecular weight is 271 g/mol. The average Bonchev–Trinajstić information content (AvgIpc) is 2.12. The maximum Gasteiger partial charge on any atom is 2.00 e. The van der Waals surface area contributed by atoms with E-state index in [-0.39, 0.29) is 66.8 Å². The molecule has 15 heavy (non-hydrogen) atoms. The van der Waals surface area contributed by atoms with Crippen LogP contribution in [0.4, 0.5) is 0 Å². The van der Waals surface area contributed by atoms with Crippen molar-refractivity contribution >= 4 is 75.8 Å². The zero-order valence-corrected chi connectivity index (χ0v) is 13.0. The van der Waals surface area contributed by atoms with Crippen LogP contribution in [0.5, 0.6) is 0 Å². The van der Waals surface area contributed by atoms with Crippen LogP contribution in [0.2, 0.25) is 0 Å². The van der Waals surface area contributed by atoms with E-state index >= 15 is 0 Å². The summed E-state index contributed by atoms with van der Waals surface area (Å²) in [6.45, 7) is 0.638. The first kappa shape index (κ1) is 21.8. The first-order valence-corrected chi connectivity index (χ1v) is 5.50. The molecule has 1 rings (SSSR count). The Morgan fingerprint density at radius 2 is 1.53 bits per heavy atom. The number of carbonyl (C=O) groups is 1. The van der Waals surface area contributed by atoms with Crippen molar-refractivity contribution in [2.45, 2.75) is 25.7 Å². The molecule has 6 nitrogen and oxygen atoms in total. The smallest absolute Gasteiger partial charge is 0.894 e. The normalized spacial score (nSPS) is 15.6. The van der Waals surface area contributed by atoms with Gasteiger partial charge in [0.05, 0.1) is 6.61 Å². The van der Waals surface area contributed by atoms with Crippen molar-refractivity contribution in [3.8, 4) is 0 Å². The molecule has 0 atom stereocenters. The molecule has 0 aromatic heterocycles. The number of hydrogen-bond donors (Lipinski definition) is 0. The molecule has 1 saturated heterocycles. The predicted octanol–water partition coefficient (Wildman–Crippen LogP) is -4.79. The van der Waals surface area contributed by atoms with Crippen molar-refractivity contribution < 1.29 is 28.7 Å². The van der Waals surface area contributed by atoms with Crippen molar-refractivity contribution in [2.75, 3.05) is 6.61 Å². The van der Waals surface area contributed by atoms with E-state index in [2.05, 4.69) is 0 Å². The van der Waals surface area contributed by atoms with Gasteiger partial charge >= 0.3 is 66.8 Å². The minimum Gasteiger partial charge on any atom is -0.894 e. The second-order valence-electron chi connectivity index (χ2n) is 2.53. The number of esters is 1. The van der Waals surface area contributed by atoms with Crippen molar-refractivity contribution in [1.29, 1.82) is 0 Å². The molecule has 0 N–H and O–H groups in total. The SMILES string of the molecule is O=C1CCCCCO1.[Ca+2].[Mg+2].[O-][Si]([O-])([O-])[O-]. The van der Waals surface area contributed by atoms with Gasteiger partial charge < -0.3 is 33.0 Å². The van der Waals surface area contributed by atoms with Gasteiger partial charge in [0, 0.05) is 6.42 Å². The molecular formula is C6H10CaMgO6Si. The molecule has 0 aromatic rings. The number of ether oxygens (including phenoxy) is 1. The first-order chi connectivity index (χ1) is 5.89. The van der Waals surface area contributed by atoms with Crippen molar-refractivity contribution in [3.05, 3.63) is 0 Å². The number of hydrogen-bond acceptors (Lipinski definition) is 6. The van der Waals surface area contributed by atoms with E-state index in [0.717, 1.165) is 19.3 Å². The van der Waals surface area contributed by atoms with E-state index in [4.69, 9.17) is 23.9 Å². The number of cyclic esters (lactones) is 1. The van der Waals surface area contributed by atoms with Crippen molar-refractivity contribution in [1.82, 2.24) is 0 Å². The van der Waals surface area contributed by atoms with Gasteiger partial charge in [-0.2, -0.15) is 0 Å². The van der Waals surface area contributed by atoms with Gasteiger partial charge in [-0.15, -0.1) is 0 Å². The molecule has 0 bridgehead atoms. The third kappa shape index (κ3) is 25.7. The van der Waals surface area contributed by atoms with Crippen LogP contribution in [0.25, 0.3) is 0 Å². The van der Waals surface area contributed by atoms with Crippen LogP contribution in [-0.2, 0) is 9.53 Å². The monoisotopic (exact) mass is 270 g/mol. The zero-order chi connectivity index (χ0) is 10.3. The Bertz CT molecular complexity index is 148. The van der Waals surface area contributed by atoms with Crippen LogP contribution in [0, 0.1) is 0 Å². The third-order valence-electron chi connectivity index (χ3n) is 1.29. The fourth-order valence-electron chi connectivity index (χ4n) is 0.806. The predicted molar refractivity (Wildman–Crippen MR) is 46.7 cm³/mol. The van der Waals surface area contributed by atoms with E-state index < -0.39 is 9.05 Å². The Kier molecular flexibility index (Phi) is 17.5. The molecule has 0 aromatic carbocycles. The fourth-order valence-corrected chi connectivity index (χ4v) is 0.806. The molecule has 0 saturated carbocycles. The summed E-state index contributed by atoms with van der Waals surface area (Å²) < 4.78 is 4.76. The second-order valence-corrected chi connectivity index (χ2v) is 3.53. The molecule has 1 fully saturated rings. The van der Waals surface area contributed by atoms with Crippen LogP contribution < -0.4 is 19.2 Å². The Balaban J connectivity index is -0.000000185. The van der Waals surface area contributed by atoms with Crippen molar-refractivity contribution in [2.24, 2.45) is 0 Å². The summed E-state index contributed by atoms with van der Waals surface area (Å²) in [6.07, 6.45) is 3.83. The van der Waals surface area contributed by atoms with Crippen LogP contribution in [0.1, 0.15) is 25.7 Å². The van der Waals surface area contributed by atoms with Gasteiger partial charge in [-0.05, 0) is 19.3 Å². The molecule has 0 amide bonds. The minimum atomic E-state index is -5.61. The molecule has 0 unspecified atom stereocenters. The Morgan fingerprint density at radius 1 is 1.07 bits per heavy atom. The topological polar surface area (TPSA) is 119 Å². The number of rotatable bonds is 0.